The Kier molecular flexibility index (Phi) is 6.10. The Morgan fingerprint density at radius 2 is 1.79 bits per heavy atom. The predicted octanol–water partition coefficient (Wildman–Crippen LogP) is 3.67. The van der Waals surface area contributed by atoms with Gasteiger partial charge >= 0.3 is 6.03 Å². The summed E-state index contributed by atoms with van der Waals surface area (Å²) in [6, 6.07) is 18.8. The second-order valence-electron chi connectivity index (χ2n) is 7.54. The first-order chi connectivity index (χ1) is 14.2. The van der Waals surface area contributed by atoms with Crippen molar-refractivity contribution in [3.63, 3.8) is 0 Å². The van der Waals surface area contributed by atoms with E-state index in [1.165, 1.54) is 11.1 Å². The predicted molar refractivity (Wildman–Crippen MR) is 113 cm³/mol. The van der Waals surface area contributed by atoms with E-state index in [2.05, 4.69) is 53.8 Å². The van der Waals surface area contributed by atoms with E-state index in [1.54, 1.807) is 0 Å². The first kappa shape index (κ1) is 19.5. The van der Waals surface area contributed by atoms with E-state index in [1.807, 2.05) is 23.1 Å². The van der Waals surface area contributed by atoms with E-state index >= 15 is 0 Å². The zero-order chi connectivity index (χ0) is 20.1. The smallest absolute Gasteiger partial charge is 0.317 e. The Labute approximate surface area is 171 Å². The summed E-state index contributed by atoms with van der Waals surface area (Å²) in [4.78, 5) is 19.9. The lowest BCUT2D eigenvalue weighted by molar-refractivity contribution is 0.0839. The van der Waals surface area contributed by atoms with E-state index in [9.17, 15) is 4.79 Å². The van der Waals surface area contributed by atoms with Crippen LogP contribution in [0.5, 0.6) is 0 Å². The minimum atomic E-state index is -0.138. The number of nitrogens with one attached hydrogen (secondary N) is 1. The molecule has 6 nitrogen and oxygen atoms in total. The van der Waals surface area contributed by atoms with Gasteiger partial charge in [0.1, 0.15) is 0 Å². The highest BCUT2D eigenvalue weighted by atomic mass is 16.6. The van der Waals surface area contributed by atoms with Crippen LogP contribution in [-0.2, 0) is 9.57 Å². The van der Waals surface area contributed by atoms with Crippen molar-refractivity contribution in [3.8, 4) is 11.1 Å². The van der Waals surface area contributed by atoms with Gasteiger partial charge in [-0.1, -0.05) is 59.8 Å². The number of hydrogen-bond acceptors (Lipinski definition) is 4. The lowest BCUT2D eigenvalue weighted by Gasteiger charge is -2.27. The third kappa shape index (κ3) is 4.77. The van der Waals surface area contributed by atoms with Gasteiger partial charge in [-0.05, 0) is 30.0 Å². The molecule has 2 aromatic rings. The molecular formula is C23H27N3O3. The largest absolute Gasteiger partial charge is 0.390 e. The Bertz CT molecular complexity index is 851. The van der Waals surface area contributed by atoms with Gasteiger partial charge in [0.25, 0.3) is 0 Å². The first-order valence-corrected chi connectivity index (χ1v) is 10.2. The van der Waals surface area contributed by atoms with E-state index in [0.717, 1.165) is 17.7 Å². The van der Waals surface area contributed by atoms with E-state index in [-0.39, 0.29) is 18.2 Å². The fraction of sp³-hybridized carbons (Fsp3) is 0.391. The van der Waals surface area contributed by atoms with Gasteiger partial charge in [0.2, 0.25) is 0 Å². The van der Waals surface area contributed by atoms with E-state index in [0.29, 0.717) is 32.7 Å². The molecule has 6 heteroatoms. The number of nitrogens with zero attached hydrogens (tertiary/aromatic N) is 2. The maximum Gasteiger partial charge on any atom is 0.317 e. The van der Waals surface area contributed by atoms with Crippen molar-refractivity contribution in [1.82, 2.24) is 10.2 Å². The summed E-state index contributed by atoms with van der Waals surface area (Å²) in [6.07, 6.45) is 1.41. The number of urea groups is 1. The summed E-state index contributed by atoms with van der Waals surface area (Å²) < 4.78 is 5.46. The van der Waals surface area contributed by atoms with E-state index in [4.69, 9.17) is 9.57 Å². The molecule has 1 saturated heterocycles. The van der Waals surface area contributed by atoms with Gasteiger partial charge in [0.15, 0.2) is 6.10 Å². The number of carbonyl (C=O) groups excluding carboxylic acids is 1. The number of ether oxygens (including phenoxy) is 1. The molecule has 4 rings (SSSR count). The molecule has 2 aliphatic rings. The summed E-state index contributed by atoms with van der Waals surface area (Å²) in [5.74, 6) is 0. The lowest BCUT2D eigenvalue weighted by Crippen LogP contribution is -2.47. The number of oxime groups is 1. The van der Waals surface area contributed by atoms with Crippen LogP contribution in [0.3, 0.4) is 0 Å². The minimum Gasteiger partial charge on any atom is -0.390 e. The molecule has 2 atom stereocenters. The summed E-state index contributed by atoms with van der Waals surface area (Å²) in [7, 11) is 0. The molecule has 1 N–H and O–H groups in total. The van der Waals surface area contributed by atoms with Gasteiger partial charge in [-0.2, -0.15) is 0 Å². The van der Waals surface area contributed by atoms with Crippen LogP contribution in [0.1, 0.15) is 25.3 Å². The average Bonchev–Trinajstić information content (AvgIpc) is 3.14. The molecule has 2 unspecified atom stereocenters. The van der Waals surface area contributed by atoms with Crippen LogP contribution in [0.4, 0.5) is 4.79 Å². The average molecular weight is 393 g/mol. The second-order valence-corrected chi connectivity index (χ2v) is 7.54. The quantitative estimate of drug-likeness (QED) is 0.862. The molecule has 2 heterocycles. The number of benzene rings is 2. The van der Waals surface area contributed by atoms with Crippen molar-refractivity contribution in [2.75, 3.05) is 26.3 Å². The number of amides is 2. The number of carbonyl (C=O) groups is 1. The van der Waals surface area contributed by atoms with Gasteiger partial charge in [-0.15, -0.1) is 0 Å². The first-order valence-electron chi connectivity index (χ1n) is 10.2. The summed E-state index contributed by atoms with van der Waals surface area (Å²) in [5, 5.41) is 7.23. The fourth-order valence-corrected chi connectivity index (χ4v) is 3.69. The summed E-state index contributed by atoms with van der Waals surface area (Å²) in [5.41, 5.74) is 4.34. The maximum absolute atomic E-state index is 12.5. The summed E-state index contributed by atoms with van der Waals surface area (Å²) in [6.45, 7) is 4.41. The van der Waals surface area contributed by atoms with Crippen molar-refractivity contribution in [3.05, 3.63) is 60.2 Å². The second kappa shape index (κ2) is 9.09. The van der Waals surface area contributed by atoms with Crippen LogP contribution in [0.15, 0.2) is 59.8 Å². The Hall–Kier alpha value is -2.86. The fourth-order valence-electron chi connectivity index (χ4n) is 3.69. The van der Waals surface area contributed by atoms with Crippen LogP contribution < -0.4 is 5.32 Å². The Balaban J connectivity index is 1.29. The molecule has 0 saturated carbocycles. The SMILES string of the molecule is CC1CCOCCN1C(=O)NCC1CC(c2ccc(-c3ccccc3)cc2)=NO1. The van der Waals surface area contributed by atoms with Gasteiger partial charge in [-0.3, -0.25) is 0 Å². The van der Waals surface area contributed by atoms with Crippen LogP contribution in [0.2, 0.25) is 0 Å². The molecule has 29 heavy (non-hydrogen) atoms. The molecular weight excluding hydrogens is 366 g/mol. The van der Waals surface area contributed by atoms with Crippen LogP contribution in [0, 0.1) is 0 Å². The molecule has 152 valence electrons. The number of rotatable bonds is 4. The topological polar surface area (TPSA) is 63.2 Å². The minimum absolute atomic E-state index is 0.0627. The monoisotopic (exact) mass is 393 g/mol. The highest BCUT2D eigenvalue weighted by molar-refractivity contribution is 6.01. The van der Waals surface area contributed by atoms with E-state index < -0.39 is 0 Å². The molecule has 2 aliphatic heterocycles. The third-order valence-electron chi connectivity index (χ3n) is 5.49. The van der Waals surface area contributed by atoms with Crippen molar-refractivity contribution < 1.29 is 14.4 Å². The molecule has 2 aromatic carbocycles. The zero-order valence-electron chi connectivity index (χ0n) is 16.7. The summed E-state index contributed by atoms with van der Waals surface area (Å²) >= 11 is 0. The molecule has 0 bridgehead atoms. The van der Waals surface area contributed by atoms with Gasteiger partial charge in [0.05, 0.1) is 18.9 Å². The molecule has 0 spiro atoms. The Morgan fingerprint density at radius 1 is 1.07 bits per heavy atom. The molecule has 0 aliphatic carbocycles. The van der Waals surface area contributed by atoms with Gasteiger partial charge in [-0.25, -0.2) is 4.79 Å². The molecule has 1 fully saturated rings. The highest BCUT2D eigenvalue weighted by Crippen LogP contribution is 2.22. The van der Waals surface area contributed by atoms with Crippen LogP contribution >= 0.6 is 0 Å². The van der Waals surface area contributed by atoms with Crippen LogP contribution in [0.25, 0.3) is 11.1 Å². The van der Waals surface area contributed by atoms with Crippen molar-refractivity contribution >= 4 is 11.7 Å². The number of hydrogen-bond donors (Lipinski definition) is 1. The van der Waals surface area contributed by atoms with Crippen molar-refractivity contribution in [2.45, 2.75) is 31.9 Å². The highest BCUT2D eigenvalue weighted by Gasteiger charge is 2.26. The zero-order valence-corrected chi connectivity index (χ0v) is 16.7. The normalized spacial score (nSPS) is 21.8. The van der Waals surface area contributed by atoms with Crippen molar-refractivity contribution in [1.29, 1.82) is 0 Å². The standard InChI is InChI=1S/C23H27N3O3/c1-17-11-13-28-14-12-26(17)23(27)24-16-21-15-22(25-29-21)20-9-7-19(8-10-20)18-5-3-2-4-6-18/h2-10,17,21H,11-16H2,1H3,(H,24,27). The Morgan fingerprint density at radius 3 is 2.59 bits per heavy atom. The molecule has 2 amide bonds. The van der Waals surface area contributed by atoms with Crippen molar-refractivity contribution in [2.24, 2.45) is 5.16 Å². The molecule has 0 radical (unpaired) electrons. The van der Waals surface area contributed by atoms with Crippen LogP contribution in [-0.4, -0.2) is 55.1 Å². The third-order valence-corrected chi connectivity index (χ3v) is 5.49. The lowest BCUT2D eigenvalue weighted by atomic mass is 10.0. The van der Waals surface area contributed by atoms with Gasteiger partial charge in [0, 0.05) is 25.6 Å². The molecule has 0 aromatic heterocycles. The van der Waals surface area contributed by atoms with Gasteiger partial charge < -0.3 is 19.8 Å². The maximum atomic E-state index is 12.5.